The normalized spacial score (nSPS) is 17.6. The van der Waals surface area contributed by atoms with Crippen molar-refractivity contribution >= 4 is 11.6 Å². The second-order valence-corrected chi connectivity index (χ2v) is 4.44. The van der Waals surface area contributed by atoms with Crippen LogP contribution in [0.25, 0.3) is 0 Å². The number of aryl methyl sites for hydroxylation is 1. The third kappa shape index (κ3) is 2.39. The van der Waals surface area contributed by atoms with Gasteiger partial charge in [-0.2, -0.15) is 0 Å². The van der Waals surface area contributed by atoms with Crippen molar-refractivity contribution in [1.82, 2.24) is 0 Å². The van der Waals surface area contributed by atoms with Crippen molar-refractivity contribution in [2.24, 2.45) is 0 Å². The average Bonchev–Trinajstić information content (AvgIpc) is 2.29. The van der Waals surface area contributed by atoms with Crippen molar-refractivity contribution in [3.63, 3.8) is 0 Å². The van der Waals surface area contributed by atoms with E-state index in [1.165, 1.54) is 0 Å². The molecule has 1 aromatic rings. The maximum absolute atomic E-state index is 10.2. The van der Waals surface area contributed by atoms with Crippen LogP contribution in [0.1, 0.15) is 30.1 Å². The number of rotatable bonds is 2. The molecule has 1 N–H and O–H groups in total. The lowest BCUT2D eigenvalue weighted by Gasteiger charge is -2.21. The molecule has 0 amide bonds. The molecule has 1 aromatic carbocycles. The first-order chi connectivity index (χ1) is 7.68. The van der Waals surface area contributed by atoms with Crippen molar-refractivity contribution in [3.8, 4) is 0 Å². The summed E-state index contributed by atoms with van der Waals surface area (Å²) in [7, 11) is 0. The second-order valence-electron chi connectivity index (χ2n) is 4.00. The lowest BCUT2D eigenvalue weighted by atomic mass is 10.0. The highest BCUT2D eigenvalue weighted by atomic mass is 35.5. The number of hydrogen-bond donors (Lipinski definition) is 1. The van der Waals surface area contributed by atoms with E-state index < -0.39 is 6.10 Å². The highest BCUT2D eigenvalue weighted by molar-refractivity contribution is 6.30. The van der Waals surface area contributed by atoms with Gasteiger partial charge in [-0.1, -0.05) is 17.7 Å². The number of aliphatic hydroxyl groups is 1. The highest BCUT2D eigenvalue weighted by Crippen LogP contribution is 2.29. The van der Waals surface area contributed by atoms with Crippen LogP contribution in [0.15, 0.2) is 30.0 Å². The van der Waals surface area contributed by atoms with Gasteiger partial charge in [-0.15, -0.1) is 0 Å². The Morgan fingerprint density at radius 1 is 1.44 bits per heavy atom. The lowest BCUT2D eigenvalue weighted by Crippen LogP contribution is -2.10. The summed E-state index contributed by atoms with van der Waals surface area (Å²) in [6.07, 6.45) is 3.29. The van der Waals surface area contributed by atoms with Crippen LogP contribution in [0.2, 0.25) is 5.02 Å². The third-order valence-electron chi connectivity index (χ3n) is 2.76. The van der Waals surface area contributed by atoms with Crippen molar-refractivity contribution in [2.45, 2.75) is 25.9 Å². The largest absolute Gasteiger partial charge is 0.495 e. The second kappa shape index (κ2) is 4.89. The van der Waals surface area contributed by atoms with Gasteiger partial charge in [0.25, 0.3) is 0 Å². The Hall–Kier alpha value is -0.990. The molecule has 0 spiro atoms. The van der Waals surface area contributed by atoms with Gasteiger partial charge in [-0.3, -0.25) is 0 Å². The number of allylic oxidation sites excluding steroid dienone is 1. The molecule has 0 aromatic heterocycles. The molecule has 1 atom stereocenters. The van der Waals surface area contributed by atoms with Gasteiger partial charge < -0.3 is 9.84 Å². The van der Waals surface area contributed by atoms with Gasteiger partial charge in [0, 0.05) is 5.02 Å². The molecular weight excluding hydrogens is 224 g/mol. The van der Waals surface area contributed by atoms with Crippen LogP contribution in [-0.4, -0.2) is 11.7 Å². The molecule has 86 valence electrons. The molecule has 0 saturated carbocycles. The Morgan fingerprint density at radius 3 is 2.88 bits per heavy atom. The zero-order valence-corrected chi connectivity index (χ0v) is 10.00. The molecule has 16 heavy (non-hydrogen) atoms. The van der Waals surface area contributed by atoms with E-state index in [9.17, 15) is 5.11 Å². The number of ether oxygens (including phenoxy) is 1. The molecule has 3 heteroatoms. The SMILES string of the molecule is Cc1cc(Cl)ccc1C(O)C1=CCCCO1. The number of halogens is 1. The first-order valence-corrected chi connectivity index (χ1v) is 5.83. The van der Waals surface area contributed by atoms with Crippen molar-refractivity contribution < 1.29 is 9.84 Å². The van der Waals surface area contributed by atoms with E-state index in [2.05, 4.69) is 0 Å². The van der Waals surface area contributed by atoms with Crippen LogP contribution in [0.4, 0.5) is 0 Å². The van der Waals surface area contributed by atoms with Gasteiger partial charge in [0.1, 0.15) is 11.9 Å². The fraction of sp³-hybridized carbons (Fsp3) is 0.385. The lowest BCUT2D eigenvalue weighted by molar-refractivity contribution is 0.0914. The minimum Gasteiger partial charge on any atom is -0.495 e. The highest BCUT2D eigenvalue weighted by Gasteiger charge is 2.18. The maximum Gasteiger partial charge on any atom is 0.136 e. The van der Waals surface area contributed by atoms with Gasteiger partial charge in [-0.05, 0) is 49.1 Å². The quantitative estimate of drug-likeness (QED) is 0.856. The first-order valence-electron chi connectivity index (χ1n) is 5.45. The van der Waals surface area contributed by atoms with E-state index in [0.717, 1.165) is 24.0 Å². The summed E-state index contributed by atoms with van der Waals surface area (Å²) >= 11 is 5.88. The van der Waals surface area contributed by atoms with Crippen LogP contribution in [0, 0.1) is 6.92 Å². The van der Waals surface area contributed by atoms with E-state index in [1.807, 2.05) is 25.1 Å². The molecule has 0 fully saturated rings. The van der Waals surface area contributed by atoms with E-state index >= 15 is 0 Å². The van der Waals surface area contributed by atoms with Crippen LogP contribution in [0.5, 0.6) is 0 Å². The molecule has 1 heterocycles. The zero-order valence-electron chi connectivity index (χ0n) is 9.24. The van der Waals surface area contributed by atoms with E-state index in [-0.39, 0.29) is 0 Å². The van der Waals surface area contributed by atoms with Gasteiger partial charge in [0.2, 0.25) is 0 Å². The van der Waals surface area contributed by atoms with Crippen LogP contribution >= 0.6 is 11.6 Å². The molecule has 0 radical (unpaired) electrons. The van der Waals surface area contributed by atoms with Crippen molar-refractivity contribution in [1.29, 1.82) is 0 Å². The first kappa shape index (κ1) is 11.5. The van der Waals surface area contributed by atoms with E-state index in [1.54, 1.807) is 6.07 Å². The monoisotopic (exact) mass is 238 g/mol. The summed E-state index contributed by atoms with van der Waals surface area (Å²) in [6, 6.07) is 5.49. The Balaban J connectivity index is 2.26. The summed E-state index contributed by atoms with van der Waals surface area (Å²) in [5.41, 5.74) is 1.84. The zero-order chi connectivity index (χ0) is 11.5. The standard InChI is InChI=1S/C13H15ClO2/c1-9-8-10(14)5-6-11(9)13(15)12-4-2-3-7-16-12/h4-6,8,13,15H,2-3,7H2,1H3. The Bertz CT molecular complexity index is 412. The molecule has 2 nitrogen and oxygen atoms in total. The smallest absolute Gasteiger partial charge is 0.136 e. The predicted octanol–water partition coefficient (Wildman–Crippen LogP) is 3.38. The van der Waals surface area contributed by atoms with Crippen molar-refractivity contribution in [2.75, 3.05) is 6.61 Å². The van der Waals surface area contributed by atoms with Crippen LogP contribution in [0.3, 0.4) is 0 Å². The molecular formula is C13H15ClO2. The number of benzene rings is 1. The van der Waals surface area contributed by atoms with E-state index in [0.29, 0.717) is 17.4 Å². The molecule has 1 aliphatic heterocycles. The maximum atomic E-state index is 10.2. The Labute approximate surface area is 101 Å². The topological polar surface area (TPSA) is 29.5 Å². The van der Waals surface area contributed by atoms with E-state index in [4.69, 9.17) is 16.3 Å². The van der Waals surface area contributed by atoms with Gasteiger partial charge in [0.05, 0.1) is 6.61 Å². The fourth-order valence-electron chi connectivity index (χ4n) is 1.87. The molecule has 1 unspecified atom stereocenters. The fourth-order valence-corrected chi connectivity index (χ4v) is 2.09. The summed E-state index contributed by atoms with van der Waals surface area (Å²) in [5.74, 6) is 0.664. The average molecular weight is 239 g/mol. The molecule has 0 aliphatic carbocycles. The van der Waals surface area contributed by atoms with Gasteiger partial charge in [-0.25, -0.2) is 0 Å². The Kier molecular flexibility index (Phi) is 3.52. The molecule has 1 aliphatic rings. The molecule has 0 saturated heterocycles. The minimum absolute atomic E-state index is 0.664. The van der Waals surface area contributed by atoms with Crippen LogP contribution in [-0.2, 0) is 4.74 Å². The summed E-state index contributed by atoms with van der Waals surface area (Å²) in [4.78, 5) is 0. The third-order valence-corrected chi connectivity index (χ3v) is 2.99. The predicted molar refractivity (Wildman–Crippen MR) is 64.4 cm³/mol. The summed E-state index contributed by atoms with van der Waals surface area (Å²) in [6.45, 7) is 2.63. The van der Waals surface area contributed by atoms with Crippen molar-refractivity contribution in [3.05, 3.63) is 46.2 Å². The number of hydrogen-bond acceptors (Lipinski definition) is 2. The summed E-state index contributed by atoms with van der Waals surface area (Å²) in [5, 5.41) is 10.9. The summed E-state index contributed by atoms with van der Waals surface area (Å²) < 4.78 is 5.46. The number of aliphatic hydroxyl groups excluding tert-OH is 1. The minimum atomic E-state index is -0.669. The van der Waals surface area contributed by atoms with Gasteiger partial charge in [0.15, 0.2) is 0 Å². The van der Waals surface area contributed by atoms with Crippen LogP contribution < -0.4 is 0 Å². The van der Waals surface area contributed by atoms with Gasteiger partial charge >= 0.3 is 0 Å². The molecule has 0 bridgehead atoms. The Morgan fingerprint density at radius 2 is 2.25 bits per heavy atom. The molecule has 2 rings (SSSR count).